The highest BCUT2D eigenvalue weighted by molar-refractivity contribution is 6.00. The lowest BCUT2D eigenvalue weighted by Gasteiger charge is -2.57. The van der Waals surface area contributed by atoms with Gasteiger partial charge in [-0.1, -0.05) is 27.7 Å². The summed E-state index contributed by atoms with van der Waals surface area (Å²) in [5.74, 6) is -4.73. The van der Waals surface area contributed by atoms with Crippen LogP contribution in [-0.2, 0) is 44.6 Å². The van der Waals surface area contributed by atoms with Gasteiger partial charge in [0.25, 0.3) is 0 Å². The molecule has 3 unspecified atom stereocenters. The van der Waals surface area contributed by atoms with Crippen molar-refractivity contribution in [2.24, 2.45) is 29.1 Å². The van der Waals surface area contributed by atoms with E-state index < -0.39 is 88.8 Å². The molecule has 1 N–H and O–H groups in total. The molecule has 2 aromatic heterocycles. The van der Waals surface area contributed by atoms with Crippen molar-refractivity contribution >= 4 is 23.6 Å². The minimum atomic E-state index is -1.45. The first-order valence-corrected chi connectivity index (χ1v) is 21.2. The number of amides is 1. The minimum Gasteiger partial charge on any atom is -0.458 e. The van der Waals surface area contributed by atoms with Crippen LogP contribution in [0.15, 0.2) is 37.1 Å². The number of Topliss-reactive ketones (excluding diaryl/α,β-unsaturated/α-hetero) is 2. The number of esters is 1. The Morgan fingerprint density at radius 1 is 1.05 bits per heavy atom. The van der Waals surface area contributed by atoms with E-state index in [9.17, 15) is 24.3 Å². The topological polar surface area (TPSA) is 172 Å². The molecular formula is C44H65N5O10. The van der Waals surface area contributed by atoms with Crippen LogP contribution in [0.25, 0.3) is 11.3 Å². The summed E-state index contributed by atoms with van der Waals surface area (Å²) in [5, 5.41) is 11.8. The number of carbonyl (C=O) groups is 4. The van der Waals surface area contributed by atoms with E-state index in [0.29, 0.717) is 25.8 Å². The zero-order valence-electron chi connectivity index (χ0n) is 36.6. The van der Waals surface area contributed by atoms with Gasteiger partial charge < -0.3 is 38.3 Å². The number of hydrogen-bond acceptors (Lipinski definition) is 13. The molecule has 4 bridgehead atoms. The van der Waals surface area contributed by atoms with Gasteiger partial charge >= 0.3 is 12.1 Å². The SMILES string of the molecule is CC[C@H]1OC(=O)[C@H](C)C(=O)[C@H](C)[C@@H](O[C@@H]2OC(C)C[C@@H](N(C)C)C2O)[C@](C)(OC)C2(CCCn3cnc(-c4cccnc4)c3)C[C@@H](C)C(=O)[C@H](C)[C@H]3N(C2)C(=O)O[C@]13C. The summed E-state index contributed by atoms with van der Waals surface area (Å²) in [5.41, 5.74) is -2.29. The van der Waals surface area contributed by atoms with Gasteiger partial charge in [-0.05, 0) is 86.0 Å². The molecule has 326 valence electrons. The molecule has 2 aromatic rings. The normalized spacial score (nSPS) is 39.5. The Morgan fingerprint density at radius 2 is 1.78 bits per heavy atom. The summed E-state index contributed by atoms with van der Waals surface area (Å²) >= 11 is 0. The average molecular weight is 824 g/mol. The zero-order valence-corrected chi connectivity index (χ0v) is 36.6. The van der Waals surface area contributed by atoms with Gasteiger partial charge in [0.05, 0.1) is 35.9 Å². The van der Waals surface area contributed by atoms with Crippen LogP contribution in [0.4, 0.5) is 4.79 Å². The first-order chi connectivity index (χ1) is 27.8. The molecule has 4 aliphatic rings. The van der Waals surface area contributed by atoms with Crippen LogP contribution in [0, 0.1) is 29.1 Å². The number of imidazole rings is 1. The molecule has 15 heteroatoms. The Labute approximate surface area is 348 Å². The van der Waals surface area contributed by atoms with Crippen LogP contribution in [0.2, 0.25) is 0 Å². The number of methoxy groups -OCH3 is 1. The maximum Gasteiger partial charge on any atom is 0.410 e. The smallest absolute Gasteiger partial charge is 0.410 e. The summed E-state index contributed by atoms with van der Waals surface area (Å²) in [6.07, 6.45) is 3.93. The van der Waals surface area contributed by atoms with E-state index in [-0.39, 0.29) is 37.3 Å². The van der Waals surface area contributed by atoms with E-state index in [2.05, 4.69) is 9.97 Å². The third-order valence-electron chi connectivity index (χ3n) is 14.2. The maximum absolute atomic E-state index is 14.7. The first-order valence-electron chi connectivity index (χ1n) is 21.2. The summed E-state index contributed by atoms with van der Waals surface area (Å²) in [6, 6.07) is 2.67. The average Bonchev–Trinajstić information content (AvgIpc) is 3.78. The van der Waals surface area contributed by atoms with E-state index in [1.54, 1.807) is 44.6 Å². The van der Waals surface area contributed by atoms with Crippen molar-refractivity contribution in [3.05, 3.63) is 37.1 Å². The number of ether oxygens (including phenoxy) is 5. The molecule has 4 fully saturated rings. The van der Waals surface area contributed by atoms with Gasteiger partial charge in [0.15, 0.2) is 17.7 Å². The van der Waals surface area contributed by atoms with E-state index in [1.165, 1.54) is 6.92 Å². The van der Waals surface area contributed by atoms with Crippen molar-refractivity contribution in [1.29, 1.82) is 0 Å². The number of aliphatic hydroxyl groups excluding tert-OH is 1. The molecule has 0 aromatic carbocycles. The van der Waals surface area contributed by atoms with E-state index >= 15 is 0 Å². The quantitative estimate of drug-likeness (QED) is 0.253. The van der Waals surface area contributed by atoms with Crippen molar-refractivity contribution in [3.8, 4) is 11.3 Å². The largest absolute Gasteiger partial charge is 0.458 e. The molecule has 0 radical (unpaired) electrons. The molecule has 0 aliphatic carbocycles. The number of likely N-dealkylation sites (N-methyl/N-ethyl adjacent to an activating group) is 1. The molecule has 1 amide bonds. The number of pyridine rings is 1. The fraction of sp³-hybridized carbons (Fsp3) is 0.727. The zero-order chi connectivity index (χ0) is 43.2. The predicted molar refractivity (Wildman–Crippen MR) is 217 cm³/mol. The molecule has 4 saturated heterocycles. The molecule has 15 nitrogen and oxygen atoms in total. The molecule has 6 heterocycles. The number of aliphatic hydroxyl groups is 1. The Morgan fingerprint density at radius 3 is 2.42 bits per heavy atom. The standard InChI is InChI=1S/C44H65N5O10/c1-12-33-42(7)37-27(4)34(50)25(2)20-44(23-49(37)41(54)59-42,16-14-18-48-22-31(46-24-48)30-15-13-17-45-21-30)43(8,55-11)38(28(5)35(51)29(6)39(53)57-33)58-40-36(52)32(47(9)10)19-26(3)56-40/h13,15,17,21-22,24-29,32-33,36-38,40,52H,12,14,16,18-20,23H2,1-11H3/t25-,26?,27+,28+,29-,32-,33-,36?,37-,38-,40+,42-,43+,44?/m1/s1. The maximum atomic E-state index is 14.7. The number of aromatic nitrogens is 3. The number of rotatable bonds is 10. The van der Waals surface area contributed by atoms with E-state index in [1.807, 2.05) is 76.5 Å². The molecule has 4 aliphatic heterocycles. The number of carbonyl (C=O) groups excluding carboxylic acids is 4. The van der Waals surface area contributed by atoms with Crippen LogP contribution in [0.1, 0.15) is 87.5 Å². The van der Waals surface area contributed by atoms with Crippen LogP contribution in [-0.4, -0.2) is 135 Å². The number of fused-ring (bicyclic) bond motifs is 1. The summed E-state index contributed by atoms with van der Waals surface area (Å²) in [7, 11) is 5.31. The summed E-state index contributed by atoms with van der Waals surface area (Å²) in [6.45, 7) is 14.9. The lowest BCUT2D eigenvalue weighted by atomic mass is 9.58. The van der Waals surface area contributed by atoms with Gasteiger partial charge in [-0.3, -0.25) is 24.3 Å². The number of hydrogen-bond donors (Lipinski definition) is 1. The highest BCUT2D eigenvalue weighted by Crippen LogP contribution is 2.54. The van der Waals surface area contributed by atoms with Crippen LogP contribution in [0.5, 0.6) is 0 Å². The second-order valence-corrected chi connectivity index (χ2v) is 18.2. The fourth-order valence-electron chi connectivity index (χ4n) is 10.8. The monoisotopic (exact) mass is 823 g/mol. The van der Waals surface area contributed by atoms with Gasteiger partial charge in [-0.25, -0.2) is 9.78 Å². The van der Waals surface area contributed by atoms with E-state index in [4.69, 9.17) is 23.7 Å². The van der Waals surface area contributed by atoms with Gasteiger partial charge in [0, 0.05) is 73.6 Å². The number of ketones is 2. The van der Waals surface area contributed by atoms with Crippen LogP contribution < -0.4 is 0 Å². The van der Waals surface area contributed by atoms with E-state index in [0.717, 1.165) is 11.3 Å². The Kier molecular flexibility index (Phi) is 13.1. The van der Waals surface area contributed by atoms with Gasteiger partial charge in [-0.2, -0.15) is 0 Å². The second kappa shape index (κ2) is 17.3. The molecule has 59 heavy (non-hydrogen) atoms. The Balaban J connectivity index is 1.53. The van der Waals surface area contributed by atoms with Gasteiger partial charge in [0.2, 0.25) is 0 Å². The van der Waals surface area contributed by atoms with Crippen molar-refractivity contribution in [1.82, 2.24) is 24.3 Å². The fourth-order valence-corrected chi connectivity index (χ4v) is 10.8. The third-order valence-corrected chi connectivity index (χ3v) is 14.2. The molecular weight excluding hydrogens is 759 g/mol. The van der Waals surface area contributed by atoms with Crippen molar-refractivity contribution < 1.29 is 48.0 Å². The van der Waals surface area contributed by atoms with Crippen molar-refractivity contribution in [2.75, 3.05) is 27.7 Å². The minimum absolute atomic E-state index is 0.0672. The molecule has 6 rings (SSSR count). The van der Waals surface area contributed by atoms with Gasteiger partial charge in [-0.15, -0.1) is 0 Å². The first kappa shape index (κ1) is 44.8. The van der Waals surface area contributed by atoms with Crippen molar-refractivity contribution in [3.63, 3.8) is 0 Å². The molecule has 14 atom stereocenters. The van der Waals surface area contributed by atoms with Crippen molar-refractivity contribution in [2.45, 2.75) is 148 Å². The molecule has 0 saturated carbocycles. The highest BCUT2D eigenvalue weighted by atomic mass is 16.7. The lowest BCUT2D eigenvalue weighted by molar-refractivity contribution is -0.309. The van der Waals surface area contributed by atoms with Gasteiger partial charge in [0.1, 0.15) is 23.9 Å². The Bertz CT molecular complexity index is 1840. The van der Waals surface area contributed by atoms with Crippen LogP contribution >= 0.6 is 0 Å². The summed E-state index contributed by atoms with van der Waals surface area (Å²) < 4.78 is 34.5. The Hall–Kier alpha value is -3.76. The highest BCUT2D eigenvalue weighted by Gasteiger charge is 2.66. The molecule has 0 spiro atoms. The number of aryl methyl sites for hydroxylation is 1. The lowest BCUT2D eigenvalue weighted by Crippen LogP contribution is -2.68. The third kappa shape index (κ3) is 8.09. The summed E-state index contributed by atoms with van der Waals surface area (Å²) in [4.78, 5) is 70.4. The number of cyclic esters (lactones) is 1. The predicted octanol–water partition coefficient (Wildman–Crippen LogP) is 4.93. The second-order valence-electron chi connectivity index (χ2n) is 18.2. The van der Waals surface area contributed by atoms with Crippen LogP contribution in [0.3, 0.4) is 0 Å². The number of nitrogens with zero attached hydrogens (tertiary/aromatic N) is 5.